The number of hydrogen-bond acceptors (Lipinski definition) is 3. The maximum atomic E-state index is 12.3. The van der Waals surface area contributed by atoms with Gasteiger partial charge in [-0.1, -0.05) is 43.2 Å². The fourth-order valence-corrected chi connectivity index (χ4v) is 3.00. The number of fused-ring (bicyclic) bond motifs is 1. The number of carbonyl (C=O) groups excluding carboxylic acids is 1. The third-order valence-electron chi connectivity index (χ3n) is 4.63. The van der Waals surface area contributed by atoms with E-state index in [1.54, 1.807) is 12.1 Å². The molecule has 3 rings (SSSR count). The minimum absolute atomic E-state index is 0.0525. The zero-order valence-electron chi connectivity index (χ0n) is 16.2. The Labute approximate surface area is 159 Å². The standard InChI is InChI=1S/C22H25N3O2/c1-14(2)11-12-25-19-10-7-16(4)13-18(19)20(22(25)27)23-24-21(26)17-8-5-15(3)6-9-17/h5-10,13-14,27H,11-12H2,1-4H3. The van der Waals surface area contributed by atoms with Crippen molar-refractivity contribution in [3.63, 3.8) is 0 Å². The van der Waals surface area contributed by atoms with Crippen LogP contribution < -0.4 is 0 Å². The minimum atomic E-state index is -0.426. The second kappa shape index (κ2) is 7.74. The quantitative estimate of drug-likeness (QED) is 0.571. The lowest BCUT2D eigenvalue weighted by atomic mass is 10.1. The lowest BCUT2D eigenvalue weighted by Gasteiger charge is -2.09. The number of aromatic hydroxyl groups is 1. The molecule has 0 bridgehead atoms. The number of benzene rings is 2. The van der Waals surface area contributed by atoms with Gasteiger partial charge in [0.15, 0.2) is 5.69 Å². The second-order valence-corrected chi connectivity index (χ2v) is 7.40. The van der Waals surface area contributed by atoms with E-state index in [1.165, 1.54) is 0 Å². The summed E-state index contributed by atoms with van der Waals surface area (Å²) in [5.41, 5.74) is 3.85. The SMILES string of the molecule is Cc1ccc(C(=O)N=Nc2c(O)n(CCC(C)C)c3ccc(C)cc23)cc1. The van der Waals surface area contributed by atoms with Gasteiger partial charge in [-0.15, -0.1) is 10.2 Å². The molecule has 0 fully saturated rings. The Hall–Kier alpha value is -2.95. The fraction of sp³-hybridized carbons (Fsp3) is 0.318. The molecule has 0 aliphatic heterocycles. The van der Waals surface area contributed by atoms with Crippen molar-refractivity contribution < 1.29 is 9.90 Å². The molecule has 0 saturated carbocycles. The number of azo groups is 1. The molecule has 5 nitrogen and oxygen atoms in total. The number of amides is 1. The molecule has 3 aromatic rings. The summed E-state index contributed by atoms with van der Waals surface area (Å²) in [6.07, 6.45) is 0.935. The van der Waals surface area contributed by atoms with Crippen LogP contribution in [-0.4, -0.2) is 15.6 Å². The molecule has 27 heavy (non-hydrogen) atoms. The highest BCUT2D eigenvalue weighted by atomic mass is 16.3. The molecular weight excluding hydrogens is 338 g/mol. The minimum Gasteiger partial charge on any atom is -0.493 e. The first-order valence-corrected chi connectivity index (χ1v) is 9.21. The zero-order chi connectivity index (χ0) is 19.6. The summed E-state index contributed by atoms with van der Waals surface area (Å²) in [6.45, 7) is 8.93. The summed E-state index contributed by atoms with van der Waals surface area (Å²) in [7, 11) is 0. The van der Waals surface area contributed by atoms with Crippen LogP contribution in [-0.2, 0) is 6.54 Å². The maximum Gasteiger partial charge on any atom is 0.295 e. The normalized spacial score (nSPS) is 11.7. The number of aromatic nitrogens is 1. The van der Waals surface area contributed by atoms with Crippen molar-refractivity contribution >= 4 is 22.5 Å². The van der Waals surface area contributed by atoms with Crippen LogP contribution in [0.15, 0.2) is 52.7 Å². The topological polar surface area (TPSA) is 66.9 Å². The molecule has 0 spiro atoms. The summed E-state index contributed by atoms with van der Waals surface area (Å²) in [5, 5.41) is 19.5. The first kappa shape index (κ1) is 18.8. The largest absolute Gasteiger partial charge is 0.493 e. The molecule has 0 radical (unpaired) electrons. The van der Waals surface area contributed by atoms with E-state index in [9.17, 15) is 9.90 Å². The van der Waals surface area contributed by atoms with Crippen LogP contribution in [0.4, 0.5) is 5.69 Å². The van der Waals surface area contributed by atoms with Gasteiger partial charge in [0.1, 0.15) is 0 Å². The molecule has 0 atom stereocenters. The van der Waals surface area contributed by atoms with E-state index in [4.69, 9.17) is 0 Å². The first-order chi connectivity index (χ1) is 12.9. The summed E-state index contributed by atoms with van der Waals surface area (Å²) in [5.74, 6) is 0.141. The number of carbonyl (C=O) groups is 1. The van der Waals surface area contributed by atoms with Gasteiger partial charge in [-0.05, 0) is 50.5 Å². The van der Waals surface area contributed by atoms with Crippen molar-refractivity contribution in [1.82, 2.24) is 4.57 Å². The third kappa shape index (κ3) is 4.08. The van der Waals surface area contributed by atoms with Crippen molar-refractivity contribution in [3.8, 4) is 5.88 Å². The summed E-state index contributed by atoms with van der Waals surface area (Å²) >= 11 is 0. The van der Waals surface area contributed by atoms with E-state index in [0.717, 1.165) is 28.5 Å². The number of rotatable bonds is 5. The summed E-state index contributed by atoms with van der Waals surface area (Å²) < 4.78 is 1.85. The number of nitrogens with zero attached hydrogens (tertiary/aromatic N) is 3. The average Bonchev–Trinajstić information content (AvgIpc) is 2.88. The van der Waals surface area contributed by atoms with E-state index >= 15 is 0 Å². The molecular formula is C22H25N3O2. The van der Waals surface area contributed by atoms with Gasteiger partial charge >= 0.3 is 0 Å². The molecule has 1 aromatic heterocycles. The van der Waals surface area contributed by atoms with Crippen LogP contribution in [0.3, 0.4) is 0 Å². The van der Waals surface area contributed by atoms with Gasteiger partial charge in [0.25, 0.3) is 5.91 Å². The van der Waals surface area contributed by atoms with Crippen molar-refractivity contribution in [2.75, 3.05) is 0 Å². The van der Waals surface area contributed by atoms with Crippen LogP contribution in [0.25, 0.3) is 10.9 Å². The molecule has 1 N–H and O–H groups in total. The van der Waals surface area contributed by atoms with Gasteiger partial charge in [-0.3, -0.25) is 4.79 Å². The van der Waals surface area contributed by atoms with Crippen LogP contribution in [0.5, 0.6) is 5.88 Å². The zero-order valence-corrected chi connectivity index (χ0v) is 16.2. The van der Waals surface area contributed by atoms with Crippen LogP contribution in [0.1, 0.15) is 41.8 Å². The molecule has 0 saturated heterocycles. The van der Waals surface area contributed by atoms with Gasteiger partial charge in [0.2, 0.25) is 5.88 Å². The van der Waals surface area contributed by atoms with E-state index in [-0.39, 0.29) is 5.88 Å². The van der Waals surface area contributed by atoms with Crippen molar-refractivity contribution in [2.24, 2.45) is 16.1 Å². The van der Waals surface area contributed by atoms with Crippen LogP contribution in [0.2, 0.25) is 0 Å². The molecule has 0 aliphatic carbocycles. The maximum absolute atomic E-state index is 12.3. The predicted octanol–water partition coefficient (Wildman–Crippen LogP) is 5.93. The van der Waals surface area contributed by atoms with Gasteiger partial charge in [-0.2, -0.15) is 0 Å². The van der Waals surface area contributed by atoms with Crippen molar-refractivity contribution in [1.29, 1.82) is 0 Å². The van der Waals surface area contributed by atoms with Gasteiger partial charge in [0.05, 0.1) is 5.52 Å². The third-order valence-corrected chi connectivity index (χ3v) is 4.63. The highest BCUT2D eigenvalue weighted by molar-refractivity contribution is 5.97. The Bertz CT molecular complexity index is 999. The van der Waals surface area contributed by atoms with E-state index < -0.39 is 5.91 Å². The smallest absolute Gasteiger partial charge is 0.295 e. The van der Waals surface area contributed by atoms with E-state index in [2.05, 4.69) is 24.1 Å². The van der Waals surface area contributed by atoms with Gasteiger partial charge in [0, 0.05) is 17.5 Å². The van der Waals surface area contributed by atoms with E-state index in [1.807, 2.05) is 48.7 Å². The average molecular weight is 363 g/mol. The second-order valence-electron chi connectivity index (χ2n) is 7.40. The van der Waals surface area contributed by atoms with Gasteiger partial charge < -0.3 is 9.67 Å². The molecule has 2 aromatic carbocycles. The predicted molar refractivity (Wildman–Crippen MR) is 108 cm³/mol. The molecule has 140 valence electrons. The lowest BCUT2D eigenvalue weighted by molar-refractivity contribution is 0.0995. The van der Waals surface area contributed by atoms with Gasteiger partial charge in [-0.25, -0.2) is 0 Å². The van der Waals surface area contributed by atoms with Crippen molar-refractivity contribution in [2.45, 2.75) is 40.7 Å². The first-order valence-electron chi connectivity index (χ1n) is 9.21. The lowest BCUT2D eigenvalue weighted by Crippen LogP contribution is -2.00. The van der Waals surface area contributed by atoms with Crippen LogP contribution >= 0.6 is 0 Å². The number of aryl methyl sites for hydroxylation is 3. The highest BCUT2D eigenvalue weighted by Gasteiger charge is 2.17. The molecule has 5 heteroatoms. The Morgan fingerprint density at radius 2 is 1.74 bits per heavy atom. The monoisotopic (exact) mass is 363 g/mol. The highest BCUT2D eigenvalue weighted by Crippen LogP contribution is 2.39. The Morgan fingerprint density at radius 1 is 1.07 bits per heavy atom. The molecule has 0 aliphatic rings. The Balaban J connectivity index is 2.00. The van der Waals surface area contributed by atoms with E-state index in [0.29, 0.717) is 23.7 Å². The molecule has 1 amide bonds. The molecule has 0 unspecified atom stereocenters. The fourth-order valence-electron chi connectivity index (χ4n) is 3.00. The molecule has 1 heterocycles. The summed E-state index contributed by atoms with van der Waals surface area (Å²) in [4.78, 5) is 12.3. The van der Waals surface area contributed by atoms with Crippen molar-refractivity contribution in [3.05, 3.63) is 59.2 Å². The summed E-state index contributed by atoms with van der Waals surface area (Å²) in [6, 6.07) is 13.1. The number of hydrogen-bond donors (Lipinski definition) is 1. The Kier molecular flexibility index (Phi) is 5.40. The Morgan fingerprint density at radius 3 is 2.41 bits per heavy atom. The van der Waals surface area contributed by atoms with Crippen LogP contribution in [0, 0.1) is 19.8 Å².